The highest BCUT2D eigenvalue weighted by molar-refractivity contribution is 5.81. The van der Waals surface area contributed by atoms with Crippen LogP contribution in [0.1, 0.15) is 17.5 Å². The Kier molecular flexibility index (Phi) is 5.65. The lowest BCUT2D eigenvalue weighted by Gasteiger charge is -2.12. The summed E-state index contributed by atoms with van der Waals surface area (Å²) in [6.45, 7) is 0. The fraction of sp³-hybridized carbons (Fsp3) is 0.167. The van der Waals surface area contributed by atoms with E-state index in [0.29, 0.717) is 16.9 Å². The van der Waals surface area contributed by atoms with Gasteiger partial charge in [0, 0.05) is 11.6 Å². The summed E-state index contributed by atoms with van der Waals surface area (Å²) >= 11 is 0. The maximum Gasteiger partial charge on any atom is 0.320 e. The number of hydrogen-bond acceptors (Lipinski definition) is 3. The minimum absolute atomic E-state index is 0.00745. The zero-order valence-electron chi connectivity index (χ0n) is 13.0. The Morgan fingerprint density at radius 3 is 2.46 bits per heavy atom. The van der Waals surface area contributed by atoms with Gasteiger partial charge in [0.25, 0.3) is 0 Å². The van der Waals surface area contributed by atoms with Gasteiger partial charge in [0.05, 0.1) is 7.11 Å². The van der Waals surface area contributed by atoms with Crippen molar-refractivity contribution in [3.8, 4) is 5.75 Å². The van der Waals surface area contributed by atoms with Crippen LogP contribution in [0.15, 0.2) is 48.5 Å². The highest BCUT2D eigenvalue weighted by atomic mass is 19.1. The largest absolute Gasteiger partial charge is 0.497 e. The zero-order chi connectivity index (χ0) is 17.7. The van der Waals surface area contributed by atoms with E-state index in [1.807, 2.05) is 0 Å². The number of methoxy groups -OCH3 is 1. The van der Waals surface area contributed by atoms with E-state index in [1.165, 1.54) is 19.3 Å². The zero-order valence-corrected chi connectivity index (χ0v) is 13.0. The van der Waals surface area contributed by atoms with Gasteiger partial charge in [0.2, 0.25) is 0 Å². The van der Waals surface area contributed by atoms with Crippen LogP contribution in [0.3, 0.4) is 0 Å². The van der Waals surface area contributed by atoms with E-state index in [2.05, 4.69) is 0 Å². The highest BCUT2D eigenvalue weighted by Crippen LogP contribution is 2.28. The van der Waals surface area contributed by atoms with Gasteiger partial charge in [-0.05, 0) is 41.8 Å². The number of carboxylic acids is 1. The van der Waals surface area contributed by atoms with Crippen LogP contribution >= 0.6 is 0 Å². The number of carbonyl (C=O) groups is 1. The Balaban J connectivity index is 2.47. The Bertz CT molecular complexity index is 757. The van der Waals surface area contributed by atoms with Gasteiger partial charge in [0.1, 0.15) is 23.4 Å². The lowest BCUT2D eigenvalue weighted by molar-refractivity contribution is -0.138. The first-order valence-electron chi connectivity index (χ1n) is 7.20. The van der Waals surface area contributed by atoms with Crippen LogP contribution in [0.4, 0.5) is 8.78 Å². The van der Waals surface area contributed by atoms with Gasteiger partial charge < -0.3 is 15.6 Å². The molecule has 2 rings (SSSR count). The normalized spacial score (nSPS) is 12.8. The molecule has 0 saturated heterocycles. The van der Waals surface area contributed by atoms with Crippen LogP contribution < -0.4 is 10.5 Å². The molecule has 24 heavy (non-hydrogen) atoms. The summed E-state index contributed by atoms with van der Waals surface area (Å²) in [6, 6.07) is 8.94. The standard InChI is InChI=1S/C18H17F2NO3/c1-24-13-5-2-11(3-6-13)14(8-9-17(21)18(22)23)15-7-4-12(19)10-16(15)20/h2-8,10,17H,9,21H2,1H3,(H,22,23)/b14-8-. The van der Waals surface area contributed by atoms with Crippen LogP contribution in [0, 0.1) is 11.6 Å². The van der Waals surface area contributed by atoms with E-state index in [9.17, 15) is 13.6 Å². The number of benzene rings is 2. The number of hydrogen-bond donors (Lipinski definition) is 2. The first kappa shape index (κ1) is 17.6. The quantitative estimate of drug-likeness (QED) is 0.851. The highest BCUT2D eigenvalue weighted by Gasteiger charge is 2.14. The first-order valence-corrected chi connectivity index (χ1v) is 7.20. The number of aliphatic carboxylic acids is 1. The number of halogens is 2. The Morgan fingerprint density at radius 2 is 1.92 bits per heavy atom. The van der Waals surface area contributed by atoms with Crippen molar-refractivity contribution in [2.75, 3.05) is 7.11 Å². The van der Waals surface area contributed by atoms with Gasteiger partial charge >= 0.3 is 5.97 Å². The lowest BCUT2D eigenvalue weighted by atomic mass is 9.95. The maximum atomic E-state index is 14.2. The average molecular weight is 333 g/mol. The third-order valence-corrected chi connectivity index (χ3v) is 3.52. The number of rotatable bonds is 6. The molecule has 6 heteroatoms. The monoisotopic (exact) mass is 333 g/mol. The summed E-state index contributed by atoms with van der Waals surface area (Å²) in [4.78, 5) is 10.9. The van der Waals surface area contributed by atoms with E-state index in [4.69, 9.17) is 15.6 Å². The van der Waals surface area contributed by atoms with E-state index in [0.717, 1.165) is 12.1 Å². The Labute approximate surface area is 138 Å². The summed E-state index contributed by atoms with van der Waals surface area (Å²) in [5, 5.41) is 8.90. The molecule has 0 aliphatic carbocycles. The van der Waals surface area contributed by atoms with Crippen LogP contribution in [-0.2, 0) is 4.79 Å². The topological polar surface area (TPSA) is 72.5 Å². The molecule has 0 aliphatic rings. The van der Waals surface area contributed by atoms with Gasteiger partial charge in [0.15, 0.2) is 0 Å². The van der Waals surface area contributed by atoms with Gasteiger partial charge in [-0.3, -0.25) is 4.79 Å². The molecule has 0 fully saturated rings. The van der Waals surface area contributed by atoms with Crippen molar-refractivity contribution in [3.63, 3.8) is 0 Å². The predicted molar refractivity (Wildman–Crippen MR) is 86.7 cm³/mol. The minimum Gasteiger partial charge on any atom is -0.497 e. The smallest absolute Gasteiger partial charge is 0.320 e. The molecule has 2 aromatic carbocycles. The number of carboxylic acid groups (broad SMARTS) is 1. The predicted octanol–water partition coefficient (Wildman–Crippen LogP) is 3.21. The molecular weight excluding hydrogens is 316 g/mol. The molecule has 1 atom stereocenters. The second-order valence-corrected chi connectivity index (χ2v) is 5.15. The first-order chi connectivity index (χ1) is 11.4. The molecular formula is C18H17F2NO3. The molecule has 0 bridgehead atoms. The molecule has 0 saturated carbocycles. The molecule has 126 valence electrons. The van der Waals surface area contributed by atoms with Crippen molar-refractivity contribution in [2.24, 2.45) is 5.73 Å². The van der Waals surface area contributed by atoms with Crippen molar-refractivity contribution in [2.45, 2.75) is 12.5 Å². The van der Waals surface area contributed by atoms with Crippen molar-refractivity contribution in [3.05, 3.63) is 71.3 Å². The van der Waals surface area contributed by atoms with Crippen LogP contribution in [0.2, 0.25) is 0 Å². The van der Waals surface area contributed by atoms with Crippen molar-refractivity contribution < 1.29 is 23.4 Å². The van der Waals surface area contributed by atoms with Crippen molar-refractivity contribution in [1.29, 1.82) is 0 Å². The van der Waals surface area contributed by atoms with Gasteiger partial charge in [-0.1, -0.05) is 18.2 Å². The molecule has 0 heterocycles. The summed E-state index contributed by atoms with van der Waals surface area (Å²) in [6.07, 6.45) is 1.55. The SMILES string of the molecule is COc1ccc(/C(=C/CC(N)C(=O)O)c2ccc(F)cc2F)cc1. The maximum absolute atomic E-state index is 14.2. The van der Waals surface area contributed by atoms with E-state index in [-0.39, 0.29) is 12.0 Å². The number of nitrogens with two attached hydrogens (primary N) is 1. The van der Waals surface area contributed by atoms with Gasteiger partial charge in [-0.15, -0.1) is 0 Å². The average Bonchev–Trinajstić information content (AvgIpc) is 2.56. The van der Waals surface area contributed by atoms with Crippen molar-refractivity contribution >= 4 is 11.5 Å². The third kappa shape index (κ3) is 4.17. The second-order valence-electron chi connectivity index (χ2n) is 5.15. The Morgan fingerprint density at radius 1 is 1.25 bits per heavy atom. The van der Waals surface area contributed by atoms with E-state index < -0.39 is 23.6 Å². The van der Waals surface area contributed by atoms with Crippen molar-refractivity contribution in [1.82, 2.24) is 0 Å². The van der Waals surface area contributed by atoms with Crippen LogP contribution in [-0.4, -0.2) is 24.2 Å². The van der Waals surface area contributed by atoms with Gasteiger partial charge in [-0.2, -0.15) is 0 Å². The molecule has 4 nitrogen and oxygen atoms in total. The van der Waals surface area contributed by atoms with Crippen LogP contribution in [0.25, 0.3) is 5.57 Å². The van der Waals surface area contributed by atoms with Crippen LogP contribution in [0.5, 0.6) is 5.75 Å². The summed E-state index contributed by atoms with van der Waals surface area (Å²) in [7, 11) is 1.53. The molecule has 0 spiro atoms. The lowest BCUT2D eigenvalue weighted by Crippen LogP contribution is -2.29. The van der Waals surface area contributed by atoms with E-state index >= 15 is 0 Å². The molecule has 1 unspecified atom stereocenters. The summed E-state index contributed by atoms with van der Waals surface area (Å²) in [5.41, 5.74) is 6.75. The number of ether oxygens (including phenoxy) is 1. The molecule has 0 radical (unpaired) electrons. The molecule has 3 N–H and O–H groups in total. The Hall–Kier alpha value is -2.73. The molecule has 0 amide bonds. The molecule has 0 aromatic heterocycles. The molecule has 0 aliphatic heterocycles. The third-order valence-electron chi connectivity index (χ3n) is 3.52. The molecule has 2 aromatic rings. The second kappa shape index (κ2) is 7.70. The van der Waals surface area contributed by atoms with E-state index in [1.54, 1.807) is 24.3 Å². The fourth-order valence-corrected chi connectivity index (χ4v) is 2.21. The summed E-state index contributed by atoms with van der Waals surface area (Å²) < 4.78 is 32.4. The summed E-state index contributed by atoms with van der Waals surface area (Å²) in [5.74, 6) is -1.95. The minimum atomic E-state index is -1.15. The van der Waals surface area contributed by atoms with Gasteiger partial charge in [-0.25, -0.2) is 8.78 Å². The fourth-order valence-electron chi connectivity index (χ4n) is 2.21.